The number of piperidine rings is 1. The molecule has 0 radical (unpaired) electrons. The number of benzene rings is 1. The first-order valence-corrected chi connectivity index (χ1v) is 12.8. The minimum atomic E-state index is -4.46. The predicted octanol–water partition coefficient (Wildman–Crippen LogP) is 4.59. The smallest absolute Gasteiger partial charge is 0.378 e. The summed E-state index contributed by atoms with van der Waals surface area (Å²) in [6.45, 7) is 1.53. The first-order chi connectivity index (χ1) is 17.0. The van der Waals surface area contributed by atoms with Gasteiger partial charge in [0.15, 0.2) is 5.01 Å². The summed E-state index contributed by atoms with van der Waals surface area (Å²) < 4.78 is 57.2. The topological polar surface area (TPSA) is 75.1 Å². The van der Waals surface area contributed by atoms with E-state index in [1.54, 1.807) is 31.2 Å². The lowest BCUT2D eigenvalue weighted by Crippen LogP contribution is -2.54. The van der Waals surface area contributed by atoms with E-state index in [2.05, 4.69) is 20.8 Å². The maximum Gasteiger partial charge on any atom is 0.406 e. The molecule has 36 heavy (non-hydrogen) atoms. The summed E-state index contributed by atoms with van der Waals surface area (Å²) in [6, 6.07) is 6.23. The Kier molecular flexibility index (Phi) is 6.44. The molecule has 194 valence electrons. The number of nitrogens with zero attached hydrogens (tertiary/aromatic N) is 4. The zero-order chi connectivity index (χ0) is 25.7. The highest BCUT2D eigenvalue weighted by Gasteiger charge is 2.39. The molecular formula is C24H28F4N6OS. The molecule has 3 aromatic rings. The van der Waals surface area contributed by atoms with E-state index in [0.717, 1.165) is 30.7 Å². The number of amides is 1. The van der Waals surface area contributed by atoms with E-state index in [-0.39, 0.29) is 30.6 Å². The second-order valence-electron chi connectivity index (χ2n) is 9.96. The maximum atomic E-state index is 15.3. The highest BCUT2D eigenvalue weighted by molar-refractivity contribution is 7.14. The van der Waals surface area contributed by atoms with Gasteiger partial charge in [0.05, 0.1) is 23.8 Å². The monoisotopic (exact) mass is 524 g/mol. The van der Waals surface area contributed by atoms with Gasteiger partial charge in [0.1, 0.15) is 17.2 Å². The van der Waals surface area contributed by atoms with Crippen LogP contribution in [0, 0.1) is 5.92 Å². The normalized spacial score (nSPS) is 23.2. The molecule has 2 fully saturated rings. The van der Waals surface area contributed by atoms with Gasteiger partial charge in [-0.3, -0.25) is 4.79 Å². The Balaban J connectivity index is 1.48. The first-order valence-electron chi connectivity index (χ1n) is 11.9. The van der Waals surface area contributed by atoms with Crippen molar-refractivity contribution in [3.8, 4) is 10.7 Å². The van der Waals surface area contributed by atoms with Crippen molar-refractivity contribution >= 4 is 33.8 Å². The molecule has 2 aliphatic rings. The summed E-state index contributed by atoms with van der Waals surface area (Å²) in [5.41, 5.74) is -0.264. The molecule has 1 amide bonds. The van der Waals surface area contributed by atoms with E-state index in [4.69, 9.17) is 0 Å². The van der Waals surface area contributed by atoms with Crippen LogP contribution >= 0.6 is 11.3 Å². The summed E-state index contributed by atoms with van der Waals surface area (Å²) >= 11 is 1.15. The number of nitrogens with one attached hydrogen (secondary N) is 2. The molecule has 1 unspecified atom stereocenters. The van der Waals surface area contributed by atoms with Crippen LogP contribution in [0.15, 0.2) is 24.3 Å². The second kappa shape index (κ2) is 9.29. The number of hydrogen-bond acceptors (Lipinski definition) is 6. The quantitative estimate of drug-likeness (QED) is 0.442. The lowest BCUT2D eigenvalue weighted by atomic mass is 9.90. The molecule has 2 aromatic heterocycles. The summed E-state index contributed by atoms with van der Waals surface area (Å²) in [7, 11) is 1.87. The number of aromatic nitrogens is 3. The van der Waals surface area contributed by atoms with Crippen molar-refractivity contribution in [2.45, 2.75) is 57.2 Å². The fraction of sp³-hybridized carbons (Fsp3) is 0.542. The highest BCUT2D eigenvalue weighted by atomic mass is 32.1. The molecule has 0 bridgehead atoms. The van der Waals surface area contributed by atoms with E-state index >= 15 is 4.39 Å². The summed E-state index contributed by atoms with van der Waals surface area (Å²) in [5, 5.41) is 15.7. The number of fused-ring (bicyclic) bond motifs is 1. The lowest BCUT2D eigenvalue weighted by molar-refractivity contribution is -0.139. The zero-order valence-corrected chi connectivity index (χ0v) is 20.8. The van der Waals surface area contributed by atoms with Gasteiger partial charge in [-0.15, -0.1) is 10.2 Å². The van der Waals surface area contributed by atoms with Crippen molar-refractivity contribution in [2.24, 2.45) is 5.92 Å². The Bertz CT molecular complexity index is 1270. The Morgan fingerprint density at radius 3 is 2.72 bits per heavy atom. The Morgan fingerprint density at radius 2 is 2.03 bits per heavy atom. The largest absolute Gasteiger partial charge is 0.406 e. The minimum absolute atomic E-state index is 0.0394. The van der Waals surface area contributed by atoms with Crippen molar-refractivity contribution in [1.82, 2.24) is 25.0 Å². The van der Waals surface area contributed by atoms with Gasteiger partial charge in [0, 0.05) is 30.1 Å². The number of carbonyl (C=O) groups excluding carboxylic acids is 1. The van der Waals surface area contributed by atoms with E-state index < -0.39 is 24.4 Å². The molecule has 2 N–H and O–H groups in total. The van der Waals surface area contributed by atoms with Crippen LogP contribution in [0.2, 0.25) is 0 Å². The number of carbonyl (C=O) groups is 1. The van der Waals surface area contributed by atoms with Crippen LogP contribution in [0.3, 0.4) is 0 Å². The standard InChI is InChI=1S/C24H28F4N6OS/c1-23(25)12-33(2)9-8-19(23)30-16-4-3-5-17-15(16)10-18(34(17)13-24(26,27)28)22-32-31-20(36-22)11-29-21(35)14-6-7-14/h3-5,10,14,19,30H,6-9,11-13H2,1-2H3,(H,29,35)/t19?,23-/m0/s1. The molecular weight excluding hydrogens is 496 g/mol. The van der Waals surface area contributed by atoms with Gasteiger partial charge in [-0.1, -0.05) is 17.4 Å². The second-order valence-corrected chi connectivity index (χ2v) is 11.0. The Morgan fingerprint density at radius 1 is 1.25 bits per heavy atom. The van der Waals surface area contributed by atoms with Crippen molar-refractivity contribution < 1.29 is 22.4 Å². The summed E-state index contributed by atoms with van der Waals surface area (Å²) in [4.78, 5) is 13.9. The number of likely N-dealkylation sites (tertiary alicyclic amines) is 1. The van der Waals surface area contributed by atoms with E-state index in [0.29, 0.717) is 33.0 Å². The third-order valence-electron chi connectivity index (χ3n) is 6.77. The molecule has 1 aliphatic heterocycles. The first kappa shape index (κ1) is 24.9. The third kappa shape index (κ3) is 5.34. The van der Waals surface area contributed by atoms with Gasteiger partial charge in [-0.25, -0.2) is 4.39 Å². The van der Waals surface area contributed by atoms with Gasteiger partial charge in [0.2, 0.25) is 5.91 Å². The van der Waals surface area contributed by atoms with Gasteiger partial charge < -0.3 is 20.1 Å². The minimum Gasteiger partial charge on any atom is -0.378 e. The predicted molar refractivity (Wildman–Crippen MR) is 131 cm³/mol. The van der Waals surface area contributed by atoms with E-state index in [1.165, 1.54) is 4.57 Å². The van der Waals surface area contributed by atoms with Crippen molar-refractivity contribution in [3.05, 3.63) is 29.3 Å². The molecule has 1 saturated carbocycles. The maximum absolute atomic E-state index is 15.3. The number of anilines is 1. The average molecular weight is 525 g/mol. The van der Waals surface area contributed by atoms with Crippen molar-refractivity contribution in [1.29, 1.82) is 0 Å². The number of hydrogen-bond donors (Lipinski definition) is 2. The molecule has 2 atom stereocenters. The molecule has 0 spiro atoms. The molecule has 3 heterocycles. The van der Waals surface area contributed by atoms with Gasteiger partial charge in [-0.05, 0) is 51.4 Å². The zero-order valence-electron chi connectivity index (χ0n) is 20.0. The molecule has 1 aromatic carbocycles. The van der Waals surface area contributed by atoms with Crippen LogP contribution in [0.1, 0.15) is 31.2 Å². The van der Waals surface area contributed by atoms with Crippen LogP contribution in [0.4, 0.5) is 23.2 Å². The number of alkyl halides is 4. The molecule has 7 nitrogen and oxygen atoms in total. The van der Waals surface area contributed by atoms with Crippen LogP contribution in [0.5, 0.6) is 0 Å². The van der Waals surface area contributed by atoms with Gasteiger partial charge in [0.25, 0.3) is 0 Å². The Labute approximate surface area is 209 Å². The number of rotatable bonds is 7. The van der Waals surface area contributed by atoms with Crippen molar-refractivity contribution in [3.63, 3.8) is 0 Å². The van der Waals surface area contributed by atoms with Gasteiger partial charge in [-0.2, -0.15) is 13.2 Å². The van der Waals surface area contributed by atoms with Gasteiger partial charge >= 0.3 is 6.18 Å². The highest BCUT2D eigenvalue weighted by Crippen LogP contribution is 2.38. The molecule has 12 heteroatoms. The van der Waals surface area contributed by atoms with Crippen LogP contribution in [0.25, 0.3) is 21.6 Å². The van der Waals surface area contributed by atoms with E-state index in [1.807, 2.05) is 11.9 Å². The number of halogens is 4. The van der Waals surface area contributed by atoms with Crippen LogP contribution < -0.4 is 10.6 Å². The summed E-state index contributed by atoms with van der Waals surface area (Å²) in [5.74, 6) is 0.00999. The fourth-order valence-electron chi connectivity index (χ4n) is 4.80. The van der Waals surface area contributed by atoms with Crippen LogP contribution in [-0.2, 0) is 17.9 Å². The molecule has 1 aliphatic carbocycles. The summed E-state index contributed by atoms with van der Waals surface area (Å²) in [6.07, 6.45) is -2.13. The lowest BCUT2D eigenvalue weighted by Gasteiger charge is -2.40. The molecule has 5 rings (SSSR count). The van der Waals surface area contributed by atoms with E-state index in [9.17, 15) is 18.0 Å². The van der Waals surface area contributed by atoms with Crippen LogP contribution in [-0.4, -0.2) is 63.6 Å². The van der Waals surface area contributed by atoms with Crippen molar-refractivity contribution in [2.75, 3.05) is 25.5 Å². The molecule has 1 saturated heterocycles. The third-order valence-corrected chi connectivity index (χ3v) is 7.71. The fourth-order valence-corrected chi connectivity index (χ4v) is 5.60. The SMILES string of the molecule is CN1CCC(Nc2cccc3c2cc(-c2nnc(CNC(=O)C4CC4)s2)n3CC(F)(F)F)[C@@](C)(F)C1. The average Bonchev–Trinajstić information content (AvgIpc) is 3.44. The Hall–Kier alpha value is -2.73.